The van der Waals surface area contributed by atoms with Crippen LogP contribution in [0.3, 0.4) is 0 Å². The van der Waals surface area contributed by atoms with Gasteiger partial charge in [0.15, 0.2) is 0 Å². The molecule has 1 saturated carbocycles. The number of halogens is 1. The van der Waals surface area contributed by atoms with E-state index in [1.165, 1.54) is 28.6 Å². The van der Waals surface area contributed by atoms with E-state index in [1.807, 2.05) is 11.8 Å². The highest BCUT2D eigenvalue weighted by Crippen LogP contribution is 2.36. The first-order valence-corrected chi connectivity index (χ1v) is 9.23. The van der Waals surface area contributed by atoms with Crippen molar-refractivity contribution in [2.24, 2.45) is 23.6 Å². The molecule has 1 aliphatic rings. The highest BCUT2D eigenvalue weighted by Gasteiger charge is 2.29. The Morgan fingerprint density at radius 2 is 2.05 bits per heavy atom. The molecule has 4 heteroatoms. The third kappa shape index (κ3) is 4.23. The number of hydrazine groups is 1. The lowest BCUT2D eigenvalue weighted by Gasteiger charge is -2.36. The molecular formula is C16H25BrN2S. The van der Waals surface area contributed by atoms with Crippen LogP contribution in [0.1, 0.15) is 33.1 Å². The molecule has 20 heavy (non-hydrogen) atoms. The van der Waals surface area contributed by atoms with E-state index in [2.05, 4.69) is 59.5 Å². The Morgan fingerprint density at radius 3 is 2.70 bits per heavy atom. The molecule has 1 aromatic rings. The number of thioether (sulfide) groups is 1. The summed E-state index contributed by atoms with van der Waals surface area (Å²) in [6, 6.07) is 8.80. The van der Waals surface area contributed by atoms with Crippen LogP contribution in [-0.2, 0) is 0 Å². The topological polar surface area (TPSA) is 38.0 Å². The molecule has 0 bridgehead atoms. The molecule has 1 aliphatic carbocycles. The predicted octanol–water partition coefficient (Wildman–Crippen LogP) is 4.45. The molecule has 2 rings (SSSR count). The number of benzene rings is 1. The quantitative estimate of drug-likeness (QED) is 0.465. The van der Waals surface area contributed by atoms with E-state index in [-0.39, 0.29) is 0 Å². The maximum Gasteiger partial charge on any atom is 0.0332 e. The number of nitrogens with two attached hydrogens (primary N) is 1. The molecule has 4 unspecified atom stereocenters. The van der Waals surface area contributed by atoms with Crippen molar-refractivity contribution in [1.29, 1.82) is 0 Å². The summed E-state index contributed by atoms with van der Waals surface area (Å²) in [5, 5.41) is 0. The van der Waals surface area contributed by atoms with Crippen LogP contribution >= 0.6 is 27.7 Å². The Morgan fingerprint density at radius 1 is 1.30 bits per heavy atom. The zero-order chi connectivity index (χ0) is 14.5. The molecule has 0 saturated heterocycles. The van der Waals surface area contributed by atoms with Crippen molar-refractivity contribution >= 4 is 27.7 Å². The van der Waals surface area contributed by atoms with Crippen molar-refractivity contribution in [2.45, 2.75) is 44.0 Å². The van der Waals surface area contributed by atoms with Crippen LogP contribution in [0.25, 0.3) is 0 Å². The van der Waals surface area contributed by atoms with Crippen LogP contribution in [0.4, 0.5) is 0 Å². The number of nitrogens with one attached hydrogen (secondary N) is 1. The molecule has 4 atom stereocenters. The average Bonchev–Trinajstić information content (AvgIpc) is 2.45. The first-order valence-electron chi connectivity index (χ1n) is 7.45. The average molecular weight is 357 g/mol. The van der Waals surface area contributed by atoms with E-state index < -0.39 is 0 Å². The molecule has 2 nitrogen and oxygen atoms in total. The minimum atomic E-state index is 0.405. The first kappa shape index (κ1) is 16.3. The fourth-order valence-corrected chi connectivity index (χ4v) is 4.75. The highest BCUT2D eigenvalue weighted by atomic mass is 79.9. The van der Waals surface area contributed by atoms with E-state index in [0.717, 1.165) is 17.6 Å². The summed E-state index contributed by atoms with van der Waals surface area (Å²) in [6.07, 6.45) is 3.94. The first-order chi connectivity index (χ1) is 9.61. The van der Waals surface area contributed by atoms with Crippen molar-refractivity contribution in [3.05, 3.63) is 28.7 Å². The van der Waals surface area contributed by atoms with Gasteiger partial charge < -0.3 is 0 Å². The van der Waals surface area contributed by atoms with Crippen LogP contribution in [0.5, 0.6) is 0 Å². The van der Waals surface area contributed by atoms with Crippen LogP contribution in [0.2, 0.25) is 0 Å². The second-order valence-corrected chi connectivity index (χ2v) is 7.96. The Balaban J connectivity index is 1.91. The van der Waals surface area contributed by atoms with E-state index in [0.29, 0.717) is 12.0 Å². The third-order valence-corrected chi connectivity index (χ3v) is 6.82. The van der Waals surface area contributed by atoms with E-state index in [4.69, 9.17) is 5.84 Å². The van der Waals surface area contributed by atoms with Gasteiger partial charge >= 0.3 is 0 Å². The van der Waals surface area contributed by atoms with Gasteiger partial charge in [-0.1, -0.05) is 32.4 Å². The number of hydrogen-bond acceptors (Lipinski definition) is 3. The van der Waals surface area contributed by atoms with Crippen molar-refractivity contribution < 1.29 is 0 Å². The minimum absolute atomic E-state index is 0.405. The molecule has 1 fully saturated rings. The van der Waals surface area contributed by atoms with E-state index in [1.54, 1.807) is 0 Å². The zero-order valence-corrected chi connectivity index (χ0v) is 14.7. The SMILES string of the molecule is CC1CCC(C(CSc2ccccc2Br)NN)CC1C. The molecule has 0 radical (unpaired) electrons. The van der Waals surface area contributed by atoms with Gasteiger partial charge in [-0.25, -0.2) is 0 Å². The van der Waals surface area contributed by atoms with Gasteiger partial charge in [-0.3, -0.25) is 11.3 Å². The normalized spacial score (nSPS) is 28.3. The minimum Gasteiger partial charge on any atom is -0.271 e. The highest BCUT2D eigenvalue weighted by molar-refractivity contribution is 9.10. The van der Waals surface area contributed by atoms with Gasteiger partial charge in [-0.05, 0) is 58.7 Å². The Bertz CT molecular complexity index is 427. The summed E-state index contributed by atoms with van der Waals surface area (Å²) in [6.45, 7) is 4.76. The standard InChI is InChI=1S/C16H25BrN2S/c1-11-7-8-13(9-12(11)2)15(19-18)10-20-16-6-4-3-5-14(16)17/h3-6,11-13,15,19H,7-10,18H2,1-2H3. The van der Waals surface area contributed by atoms with Crippen LogP contribution in [-0.4, -0.2) is 11.8 Å². The lowest BCUT2D eigenvalue weighted by molar-refractivity contribution is 0.179. The second kappa shape index (κ2) is 7.83. The summed E-state index contributed by atoms with van der Waals surface area (Å²) >= 11 is 5.50. The molecule has 3 N–H and O–H groups in total. The Labute approximate surface area is 135 Å². The summed E-state index contributed by atoms with van der Waals surface area (Å²) in [4.78, 5) is 1.30. The summed E-state index contributed by atoms with van der Waals surface area (Å²) in [5.74, 6) is 9.23. The summed E-state index contributed by atoms with van der Waals surface area (Å²) in [7, 11) is 0. The van der Waals surface area contributed by atoms with Gasteiger partial charge in [0, 0.05) is 21.2 Å². The number of rotatable bonds is 5. The van der Waals surface area contributed by atoms with Gasteiger partial charge in [-0.15, -0.1) is 11.8 Å². The maximum atomic E-state index is 5.81. The molecular weight excluding hydrogens is 332 g/mol. The maximum absolute atomic E-state index is 5.81. The largest absolute Gasteiger partial charge is 0.271 e. The van der Waals surface area contributed by atoms with Crippen LogP contribution < -0.4 is 11.3 Å². The molecule has 0 aliphatic heterocycles. The summed E-state index contributed by atoms with van der Waals surface area (Å²) < 4.78 is 1.17. The lowest BCUT2D eigenvalue weighted by atomic mass is 9.73. The van der Waals surface area contributed by atoms with Crippen molar-refractivity contribution in [1.82, 2.24) is 5.43 Å². The van der Waals surface area contributed by atoms with E-state index in [9.17, 15) is 0 Å². The monoisotopic (exact) mass is 356 g/mol. The van der Waals surface area contributed by atoms with E-state index >= 15 is 0 Å². The van der Waals surface area contributed by atoms with Crippen LogP contribution in [0.15, 0.2) is 33.6 Å². The third-order valence-electron chi connectivity index (χ3n) is 4.68. The molecule has 0 aromatic heterocycles. The van der Waals surface area contributed by atoms with Crippen LogP contribution in [0, 0.1) is 17.8 Å². The van der Waals surface area contributed by atoms with Crippen molar-refractivity contribution in [3.63, 3.8) is 0 Å². The smallest absolute Gasteiger partial charge is 0.0332 e. The molecule has 0 heterocycles. The molecule has 0 amide bonds. The van der Waals surface area contributed by atoms with Gasteiger partial charge in [0.25, 0.3) is 0 Å². The molecule has 0 spiro atoms. The lowest BCUT2D eigenvalue weighted by Crippen LogP contribution is -2.45. The zero-order valence-electron chi connectivity index (χ0n) is 12.3. The summed E-state index contributed by atoms with van der Waals surface area (Å²) in [5.41, 5.74) is 3.06. The van der Waals surface area contributed by atoms with Gasteiger partial charge in [0.2, 0.25) is 0 Å². The molecule has 112 valence electrons. The van der Waals surface area contributed by atoms with Gasteiger partial charge in [0.1, 0.15) is 0 Å². The molecule has 1 aromatic carbocycles. The fourth-order valence-electron chi connectivity index (χ4n) is 3.02. The number of hydrogen-bond donors (Lipinski definition) is 2. The van der Waals surface area contributed by atoms with Gasteiger partial charge in [0.05, 0.1) is 0 Å². The Hall–Kier alpha value is -0.0300. The van der Waals surface area contributed by atoms with Gasteiger partial charge in [-0.2, -0.15) is 0 Å². The van der Waals surface area contributed by atoms with Crippen molar-refractivity contribution in [3.8, 4) is 0 Å². The van der Waals surface area contributed by atoms with Crippen molar-refractivity contribution in [2.75, 3.05) is 5.75 Å². The predicted molar refractivity (Wildman–Crippen MR) is 91.6 cm³/mol. The Kier molecular flexibility index (Phi) is 6.40. The fraction of sp³-hybridized carbons (Fsp3) is 0.625. The second-order valence-electron chi connectivity index (χ2n) is 6.04.